The fourth-order valence-corrected chi connectivity index (χ4v) is 2.01. The Morgan fingerprint density at radius 3 is 2.38 bits per heavy atom. The quantitative estimate of drug-likeness (QED) is 0.633. The third-order valence-electron chi connectivity index (χ3n) is 3.46. The van der Waals surface area contributed by atoms with E-state index in [0.29, 0.717) is 11.6 Å². The summed E-state index contributed by atoms with van der Waals surface area (Å²) in [5, 5.41) is 12.3. The molecule has 3 atom stereocenters. The van der Waals surface area contributed by atoms with Crippen LogP contribution in [0.1, 0.15) is 33.6 Å². The zero-order chi connectivity index (χ0) is 9.69. The molecule has 2 aliphatic rings. The monoisotopic (exact) mass is 185 g/mol. The number of hydrogen-bond acceptors (Lipinski definition) is 3. The number of ether oxygens (including phenoxy) is 1. The van der Waals surface area contributed by atoms with E-state index < -0.39 is 0 Å². The molecule has 0 aromatic rings. The summed E-state index contributed by atoms with van der Waals surface area (Å²) in [5.41, 5.74) is 0.301. The maximum Gasteiger partial charge on any atom is 0.110 e. The lowest BCUT2D eigenvalue weighted by atomic mass is 9.97. The summed E-state index contributed by atoms with van der Waals surface area (Å²) in [7, 11) is 0. The Bertz CT molecular complexity index is 217. The molecule has 0 radical (unpaired) electrons. The fourth-order valence-electron chi connectivity index (χ4n) is 2.01. The normalized spacial score (nSPS) is 46.2. The average Bonchev–Trinajstić information content (AvgIpc) is 2.87. The van der Waals surface area contributed by atoms with Crippen molar-refractivity contribution in [3.05, 3.63) is 0 Å². The molecule has 2 aliphatic heterocycles. The molecule has 13 heavy (non-hydrogen) atoms. The molecular weight excluding hydrogens is 166 g/mol. The van der Waals surface area contributed by atoms with Crippen molar-refractivity contribution < 1.29 is 9.84 Å². The van der Waals surface area contributed by atoms with Crippen LogP contribution in [0.2, 0.25) is 0 Å². The number of hydrogen-bond donors (Lipinski definition) is 2. The van der Waals surface area contributed by atoms with Gasteiger partial charge in [-0.15, -0.1) is 0 Å². The van der Waals surface area contributed by atoms with Crippen molar-refractivity contribution in [2.24, 2.45) is 0 Å². The summed E-state index contributed by atoms with van der Waals surface area (Å²) in [6, 6.07) is 0.646. The number of aliphatic hydroxyl groups excluding tert-OH is 1. The SMILES string of the molecule is CC1(C)N[C@H]1CC[C@@]1(C)O[C@@H]1CO. The fraction of sp³-hybridized carbons (Fsp3) is 1.00. The van der Waals surface area contributed by atoms with Gasteiger partial charge in [0.05, 0.1) is 12.2 Å². The van der Waals surface area contributed by atoms with Crippen molar-refractivity contribution in [1.29, 1.82) is 0 Å². The Kier molecular flexibility index (Phi) is 1.95. The number of aliphatic hydroxyl groups is 1. The summed E-state index contributed by atoms with van der Waals surface area (Å²) < 4.78 is 5.42. The van der Waals surface area contributed by atoms with E-state index in [1.165, 1.54) is 0 Å². The topological polar surface area (TPSA) is 54.7 Å². The second-order valence-corrected chi connectivity index (χ2v) is 5.06. The molecule has 0 aromatic carbocycles. The maximum absolute atomic E-state index is 8.88. The predicted octanol–water partition coefficient (Wildman–Crippen LogP) is 0.667. The van der Waals surface area contributed by atoms with Gasteiger partial charge in [0.2, 0.25) is 0 Å². The lowest BCUT2D eigenvalue weighted by molar-refractivity contribution is 0.234. The Labute approximate surface area is 79.5 Å². The van der Waals surface area contributed by atoms with Crippen LogP contribution in [0.4, 0.5) is 0 Å². The molecule has 2 N–H and O–H groups in total. The largest absolute Gasteiger partial charge is 0.394 e. The van der Waals surface area contributed by atoms with Crippen LogP contribution in [0.5, 0.6) is 0 Å². The first-order valence-electron chi connectivity index (χ1n) is 5.04. The molecule has 3 heteroatoms. The summed E-state index contributed by atoms with van der Waals surface area (Å²) in [4.78, 5) is 0. The number of rotatable bonds is 4. The molecule has 0 unspecified atom stereocenters. The molecule has 76 valence electrons. The van der Waals surface area contributed by atoms with Crippen molar-refractivity contribution >= 4 is 0 Å². The average molecular weight is 185 g/mol. The maximum atomic E-state index is 8.88. The van der Waals surface area contributed by atoms with Gasteiger partial charge in [-0.3, -0.25) is 0 Å². The Morgan fingerprint density at radius 2 is 2.00 bits per heavy atom. The van der Waals surface area contributed by atoms with E-state index in [1.807, 2.05) is 0 Å². The van der Waals surface area contributed by atoms with Crippen molar-refractivity contribution in [2.75, 3.05) is 6.61 Å². The Balaban J connectivity index is 1.70. The highest BCUT2D eigenvalue weighted by Crippen LogP contribution is 2.42. The van der Waals surface area contributed by atoms with Crippen LogP contribution in [0.3, 0.4) is 0 Å². The van der Waals surface area contributed by atoms with Gasteiger partial charge in [-0.1, -0.05) is 0 Å². The molecule has 2 rings (SSSR count). The van der Waals surface area contributed by atoms with Gasteiger partial charge in [0.1, 0.15) is 6.10 Å². The lowest BCUT2D eigenvalue weighted by Gasteiger charge is -2.05. The van der Waals surface area contributed by atoms with Crippen LogP contribution in [0.15, 0.2) is 0 Å². The van der Waals surface area contributed by atoms with Gasteiger partial charge >= 0.3 is 0 Å². The minimum absolute atomic E-state index is 0.0326. The van der Waals surface area contributed by atoms with E-state index in [0.717, 1.165) is 12.8 Å². The Morgan fingerprint density at radius 1 is 1.38 bits per heavy atom. The molecule has 3 nitrogen and oxygen atoms in total. The van der Waals surface area contributed by atoms with Crippen LogP contribution in [0, 0.1) is 0 Å². The highest BCUT2D eigenvalue weighted by molar-refractivity contribution is 5.09. The molecule has 0 saturated carbocycles. The molecule has 2 heterocycles. The highest BCUT2D eigenvalue weighted by Gasteiger charge is 2.53. The molecule has 2 saturated heterocycles. The van der Waals surface area contributed by atoms with Crippen LogP contribution >= 0.6 is 0 Å². The zero-order valence-corrected chi connectivity index (χ0v) is 8.63. The van der Waals surface area contributed by atoms with E-state index >= 15 is 0 Å². The minimum atomic E-state index is -0.0326. The van der Waals surface area contributed by atoms with Gasteiger partial charge in [0, 0.05) is 11.6 Å². The van der Waals surface area contributed by atoms with Gasteiger partial charge < -0.3 is 15.2 Å². The van der Waals surface area contributed by atoms with E-state index in [4.69, 9.17) is 9.84 Å². The minimum Gasteiger partial charge on any atom is -0.394 e. The molecule has 0 amide bonds. The van der Waals surface area contributed by atoms with Gasteiger partial charge in [-0.25, -0.2) is 0 Å². The van der Waals surface area contributed by atoms with E-state index in [9.17, 15) is 0 Å². The van der Waals surface area contributed by atoms with E-state index in [2.05, 4.69) is 26.1 Å². The standard InChI is InChI=1S/C10H19NO2/c1-9(2)7(11-9)4-5-10(3)8(6-12)13-10/h7-8,11-12H,4-6H2,1-3H3/t7-,8+,10+/m0/s1. The first kappa shape index (κ1) is 9.44. The first-order valence-corrected chi connectivity index (χ1v) is 5.04. The van der Waals surface area contributed by atoms with Crippen LogP contribution in [-0.2, 0) is 4.74 Å². The highest BCUT2D eigenvalue weighted by atomic mass is 16.6. The van der Waals surface area contributed by atoms with Crippen molar-refractivity contribution in [3.8, 4) is 0 Å². The summed E-state index contributed by atoms with van der Waals surface area (Å²) in [5.74, 6) is 0. The van der Waals surface area contributed by atoms with E-state index in [1.54, 1.807) is 0 Å². The summed E-state index contributed by atoms with van der Waals surface area (Å²) in [6.07, 6.45) is 2.30. The van der Waals surface area contributed by atoms with Crippen molar-refractivity contribution in [2.45, 2.75) is 56.9 Å². The van der Waals surface area contributed by atoms with Crippen LogP contribution < -0.4 is 5.32 Å². The first-order chi connectivity index (χ1) is 5.98. The van der Waals surface area contributed by atoms with Gasteiger partial charge in [-0.05, 0) is 33.6 Å². The number of nitrogens with one attached hydrogen (secondary N) is 1. The van der Waals surface area contributed by atoms with Gasteiger partial charge in [0.25, 0.3) is 0 Å². The van der Waals surface area contributed by atoms with Crippen LogP contribution in [-0.4, -0.2) is 35.0 Å². The van der Waals surface area contributed by atoms with E-state index in [-0.39, 0.29) is 18.3 Å². The Hall–Kier alpha value is -0.120. The van der Waals surface area contributed by atoms with Gasteiger partial charge in [0.15, 0.2) is 0 Å². The molecular formula is C10H19NO2. The van der Waals surface area contributed by atoms with Crippen LogP contribution in [0.25, 0.3) is 0 Å². The van der Waals surface area contributed by atoms with Crippen molar-refractivity contribution in [3.63, 3.8) is 0 Å². The third-order valence-corrected chi connectivity index (χ3v) is 3.46. The lowest BCUT2D eigenvalue weighted by Crippen LogP contribution is -2.14. The molecule has 0 aromatic heterocycles. The summed E-state index contributed by atoms with van der Waals surface area (Å²) >= 11 is 0. The molecule has 0 spiro atoms. The predicted molar refractivity (Wildman–Crippen MR) is 50.6 cm³/mol. The van der Waals surface area contributed by atoms with Gasteiger partial charge in [-0.2, -0.15) is 0 Å². The molecule has 0 aliphatic carbocycles. The molecule has 0 bridgehead atoms. The number of epoxide rings is 1. The van der Waals surface area contributed by atoms with Crippen molar-refractivity contribution in [1.82, 2.24) is 5.32 Å². The third kappa shape index (κ3) is 1.73. The zero-order valence-electron chi connectivity index (χ0n) is 8.63. The smallest absolute Gasteiger partial charge is 0.110 e. The second kappa shape index (κ2) is 2.69. The molecule has 2 fully saturated rings. The second-order valence-electron chi connectivity index (χ2n) is 5.06. The summed E-state index contributed by atoms with van der Waals surface area (Å²) in [6.45, 7) is 6.69.